The number of morpholine rings is 1. The highest BCUT2D eigenvalue weighted by Crippen LogP contribution is 2.30. The summed E-state index contributed by atoms with van der Waals surface area (Å²) >= 11 is 1.45. The number of aromatic nitrogens is 6. The molecule has 1 aliphatic carbocycles. The Morgan fingerprint density at radius 3 is 2.73 bits per heavy atom. The molecule has 2 fully saturated rings. The van der Waals surface area contributed by atoms with Crippen molar-refractivity contribution in [1.82, 2.24) is 35.1 Å². The summed E-state index contributed by atoms with van der Waals surface area (Å²) in [6.45, 7) is 4.15. The number of hydrogen-bond acceptors (Lipinski definition) is 11. The quantitative estimate of drug-likeness (QED) is 0.320. The van der Waals surface area contributed by atoms with Gasteiger partial charge in [0.25, 0.3) is 0 Å². The van der Waals surface area contributed by atoms with Gasteiger partial charge in [-0.1, -0.05) is 29.5 Å². The summed E-state index contributed by atoms with van der Waals surface area (Å²) in [6, 6.07) is 14.1. The van der Waals surface area contributed by atoms with Gasteiger partial charge in [-0.2, -0.15) is 0 Å². The second-order valence-electron chi connectivity index (χ2n) is 9.34. The lowest BCUT2D eigenvalue weighted by molar-refractivity contribution is 0.0342. The van der Waals surface area contributed by atoms with Crippen LogP contribution < -0.4 is 10.6 Å². The smallest absolute Gasteiger partial charge is 0.216 e. The maximum absolute atomic E-state index is 9.95. The van der Waals surface area contributed by atoms with E-state index in [2.05, 4.69) is 48.1 Å². The maximum Gasteiger partial charge on any atom is 0.216 e. The summed E-state index contributed by atoms with van der Waals surface area (Å²) in [5, 5.41) is 30.4. The Morgan fingerprint density at radius 1 is 1.08 bits per heavy atom. The Balaban J connectivity index is 1.20. The lowest BCUT2D eigenvalue weighted by Gasteiger charge is -2.27. The van der Waals surface area contributed by atoms with E-state index in [1.165, 1.54) is 16.1 Å². The van der Waals surface area contributed by atoms with Crippen molar-refractivity contribution in [2.24, 2.45) is 0 Å². The fourth-order valence-electron chi connectivity index (χ4n) is 4.66. The molecule has 0 spiro atoms. The molecule has 4 aromatic rings. The van der Waals surface area contributed by atoms with E-state index in [1.54, 1.807) is 6.20 Å². The molecule has 2 aliphatic rings. The van der Waals surface area contributed by atoms with Gasteiger partial charge in [0.05, 0.1) is 36.1 Å². The number of tetrazole rings is 1. The Bertz CT molecular complexity index is 1300. The number of para-hydroxylation sites is 1. The minimum atomic E-state index is -0.242. The summed E-state index contributed by atoms with van der Waals surface area (Å²) in [5.41, 5.74) is 2.00. The maximum atomic E-state index is 9.95. The summed E-state index contributed by atoms with van der Waals surface area (Å²) in [4.78, 5) is 14.0. The zero-order chi connectivity index (χ0) is 25.0. The highest BCUT2D eigenvalue weighted by Gasteiger charge is 2.23. The molecule has 4 heterocycles. The predicted octanol–water partition coefficient (Wildman–Crippen LogP) is 3.08. The van der Waals surface area contributed by atoms with Crippen LogP contribution in [0.1, 0.15) is 24.8 Å². The number of nitrogens with one attached hydrogen (secondary N) is 2. The number of aliphatic hydroxyl groups excluding tert-OH is 1. The molecule has 6 rings (SSSR count). The van der Waals surface area contributed by atoms with Gasteiger partial charge in [0.15, 0.2) is 5.13 Å². The first-order chi connectivity index (χ1) is 18.2. The summed E-state index contributed by atoms with van der Waals surface area (Å²) < 4.78 is 5.50. The van der Waals surface area contributed by atoms with E-state index in [0.717, 1.165) is 74.1 Å². The molecule has 1 saturated heterocycles. The highest BCUT2D eigenvalue weighted by atomic mass is 32.1. The van der Waals surface area contributed by atoms with E-state index in [-0.39, 0.29) is 12.1 Å². The Kier molecular flexibility index (Phi) is 7.04. The van der Waals surface area contributed by atoms with E-state index in [0.29, 0.717) is 16.8 Å². The van der Waals surface area contributed by atoms with Crippen LogP contribution in [0.25, 0.3) is 16.4 Å². The van der Waals surface area contributed by atoms with Crippen molar-refractivity contribution >= 4 is 28.1 Å². The second kappa shape index (κ2) is 10.9. The molecular weight excluding hydrogens is 490 g/mol. The molecule has 3 N–H and O–H groups in total. The first kappa shape index (κ1) is 23.9. The fraction of sp³-hybridized carbons (Fsp3) is 0.400. The summed E-state index contributed by atoms with van der Waals surface area (Å²) in [7, 11) is 0. The van der Waals surface area contributed by atoms with E-state index >= 15 is 0 Å². The van der Waals surface area contributed by atoms with Gasteiger partial charge in [-0.3, -0.25) is 4.90 Å². The van der Waals surface area contributed by atoms with Crippen molar-refractivity contribution < 1.29 is 9.84 Å². The molecule has 12 heteroatoms. The second-order valence-corrected chi connectivity index (χ2v) is 10.4. The average molecular weight is 520 g/mol. The number of nitrogens with zero attached hydrogens (tertiary/aromatic N) is 7. The van der Waals surface area contributed by atoms with Crippen molar-refractivity contribution in [3.63, 3.8) is 0 Å². The standard InChI is InChI=1S/C25H29N9O2S/c35-20-7-6-18(14-20)27-22-12-17(16-33-8-10-36-11-9-33)13-23(28-22)29-25-26-15-21(37-25)24-30-32-34(31-24)19-4-2-1-3-5-19/h1-5,12-13,15,18,20,35H,6-11,14,16H2,(H2,26,27,28,29). The van der Waals surface area contributed by atoms with Gasteiger partial charge in [0.2, 0.25) is 5.82 Å². The third kappa shape index (κ3) is 5.93. The van der Waals surface area contributed by atoms with Crippen LogP contribution in [0, 0.1) is 0 Å². The third-order valence-electron chi connectivity index (χ3n) is 6.51. The zero-order valence-corrected chi connectivity index (χ0v) is 21.1. The molecule has 1 saturated carbocycles. The van der Waals surface area contributed by atoms with Crippen LogP contribution in [0.5, 0.6) is 0 Å². The normalized spacial score (nSPS) is 20.2. The first-order valence-corrected chi connectivity index (χ1v) is 13.3. The lowest BCUT2D eigenvalue weighted by Crippen LogP contribution is -2.35. The topological polar surface area (TPSA) is 126 Å². The SMILES string of the molecule is OC1CCC(Nc2cc(CN3CCOCC3)cc(Nc3ncc(-c4nnn(-c5ccccc5)n4)s3)n2)C1. The molecular formula is C25H29N9O2S. The van der Waals surface area contributed by atoms with Gasteiger partial charge in [0.1, 0.15) is 11.6 Å². The average Bonchev–Trinajstić information content (AvgIpc) is 3.67. The van der Waals surface area contributed by atoms with Gasteiger partial charge >= 0.3 is 0 Å². The first-order valence-electron chi connectivity index (χ1n) is 12.5. The van der Waals surface area contributed by atoms with Crippen LogP contribution >= 0.6 is 11.3 Å². The molecule has 1 aliphatic heterocycles. The number of aliphatic hydroxyl groups is 1. The molecule has 3 aromatic heterocycles. The molecule has 0 bridgehead atoms. The summed E-state index contributed by atoms with van der Waals surface area (Å²) in [6.07, 6.45) is 4.00. The van der Waals surface area contributed by atoms with Crippen molar-refractivity contribution in [3.8, 4) is 16.4 Å². The van der Waals surface area contributed by atoms with Crippen LogP contribution in [0.4, 0.5) is 16.8 Å². The number of hydrogen-bond donors (Lipinski definition) is 3. The number of thiazole rings is 1. The van der Waals surface area contributed by atoms with Crippen molar-refractivity contribution in [3.05, 3.63) is 54.2 Å². The molecule has 2 atom stereocenters. The Hall–Kier alpha value is -3.45. The highest BCUT2D eigenvalue weighted by molar-refractivity contribution is 7.18. The molecule has 0 amide bonds. The minimum absolute atomic E-state index is 0.221. The monoisotopic (exact) mass is 519 g/mol. The molecule has 11 nitrogen and oxygen atoms in total. The van der Waals surface area contributed by atoms with Gasteiger partial charge in [-0.05, 0) is 54.3 Å². The van der Waals surface area contributed by atoms with Gasteiger partial charge in [0, 0.05) is 25.7 Å². The number of ether oxygens (including phenoxy) is 1. The van der Waals surface area contributed by atoms with Gasteiger partial charge < -0.3 is 20.5 Å². The van der Waals surface area contributed by atoms with Crippen LogP contribution in [-0.2, 0) is 11.3 Å². The molecule has 1 aromatic carbocycles. The van der Waals surface area contributed by atoms with Crippen LogP contribution in [0.3, 0.4) is 0 Å². The van der Waals surface area contributed by atoms with E-state index in [1.807, 2.05) is 30.3 Å². The van der Waals surface area contributed by atoms with E-state index < -0.39 is 0 Å². The molecule has 192 valence electrons. The van der Waals surface area contributed by atoms with Gasteiger partial charge in [-0.25, -0.2) is 9.97 Å². The predicted molar refractivity (Wildman–Crippen MR) is 141 cm³/mol. The van der Waals surface area contributed by atoms with Crippen molar-refractivity contribution in [1.29, 1.82) is 0 Å². The molecule has 37 heavy (non-hydrogen) atoms. The molecule has 0 radical (unpaired) electrons. The third-order valence-corrected chi connectivity index (χ3v) is 7.42. The van der Waals surface area contributed by atoms with E-state index in [4.69, 9.17) is 9.72 Å². The summed E-state index contributed by atoms with van der Waals surface area (Å²) in [5.74, 6) is 2.04. The number of rotatable bonds is 8. The van der Waals surface area contributed by atoms with Crippen molar-refractivity contribution in [2.45, 2.75) is 38.0 Å². The van der Waals surface area contributed by atoms with E-state index in [9.17, 15) is 5.11 Å². The number of pyridine rings is 1. The molecule has 2 unspecified atom stereocenters. The lowest BCUT2D eigenvalue weighted by atomic mass is 10.2. The van der Waals surface area contributed by atoms with Crippen LogP contribution in [0.15, 0.2) is 48.7 Å². The fourth-order valence-corrected chi connectivity index (χ4v) is 5.41. The minimum Gasteiger partial charge on any atom is -0.393 e. The van der Waals surface area contributed by atoms with Gasteiger partial charge in [-0.15, -0.1) is 15.0 Å². The largest absolute Gasteiger partial charge is 0.393 e. The Morgan fingerprint density at radius 2 is 1.92 bits per heavy atom. The Labute approximate surface area is 218 Å². The zero-order valence-electron chi connectivity index (χ0n) is 20.3. The van der Waals surface area contributed by atoms with Crippen molar-refractivity contribution in [2.75, 3.05) is 36.9 Å². The van der Waals surface area contributed by atoms with Crippen LogP contribution in [0.2, 0.25) is 0 Å². The van der Waals surface area contributed by atoms with Crippen LogP contribution in [-0.4, -0.2) is 78.6 Å². The number of benzene rings is 1. The number of anilines is 3.